The van der Waals surface area contributed by atoms with Gasteiger partial charge in [-0.3, -0.25) is 9.36 Å². The Hall–Kier alpha value is -3.33. The second-order valence-corrected chi connectivity index (χ2v) is 5.10. The topological polar surface area (TPSA) is 88.0 Å². The molecule has 0 aliphatic carbocycles. The number of aryl methyl sites for hydroxylation is 1. The first-order valence-electron chi connectivity index (χ1n) is 6.95. The lowest BCUT2D eigenvalue weighted by Crippen LogP contribution is -2.22. The molecular weight excluding hydrogens is 294 g/mol. The summed E-state index contributed by atoms with van der Waals surface area (Å²) in [5.74, 6) is -0.689. The Kier molecular flexibility index (Phi) is 3.69. The van der Waals surface area contributed by atoms with Crippen molar-refractivity contribution in [1.29, 1.82) is 5.26 Å². The lowest BCUT2D eigenvalue weighted by molar-refractivity contribution is 0.0951. The molecule has 1 N–H and O–H groups in total. The Morgan fingerprint density at radius 3 is 2.91 bits per heavy atom. The van der Waals surface area contributed by atoms with E-state index >= 15 is 0 Å². The number of nitrogens with one attached hydrogen (secondary N) is 1. The molecule has 0 radical (unpaired) electrons. The molecule has 2 aromatic carbocycles. The molecule has 0 unspecified atom stereocenters. The normalized spacial score (nSPS) is 10.4. The first kappa shape index (κ1) is 14.6. The highest BCUT2D eigenvalue weighted by atomic mass is 16.4. The van der Waals surface area contributed by atoms with Gasteiger partial charge in [-0.1, -0.05) is 12.1 Å². The Bertz CT molecular complexity index is 992. The number of amides is 1. The third kappa shape index (κ3) is 2.85. The summed E-state index contributed by atoms with van der Waals surface area (Å²) < 4.78 is 6.54. The maximum atomic E-state index is 12.1. The number of rotatable bonds is 3. The molecule has 23 heavy (non-hydrogen) atoms. The number of carbonyl (C=O) groups is 1. The Morgan fingerprint density at radius 2 is 2.13 bits per heavy atom. The standard InChI is InChI=1S/C17H13N3O3/c1-20-14-6-5-12(8-15(14)23-17(20)22)10-19-16(21)13-4-2-3-11(7-13)9-18/h2-8H,10H2,1H3,(H,19,21). The summed E-state index contributed by atoms with van der Waals surface area (Å²) in [5.41, 5.74) is 2.86. The number of fused-ring (bicyclic) bond motifs is 1. The van der Waals surface area contributed by atoms with E-state index < -0.39 is 5.76 Å². The molecule has 3 rings (SSSR count). The van der Waals surface area contributed by atoms with Crippen LogP contribution < -0.4 is 11.1 Å². The minimum Gasteiger partial charge on any atom is -0.408 e. The third-order valence-corrected chi connectivity index (χ3v) is 3.56. The van der Waals surface area contributed by atoms with Gasteiger partial charge in [-0.25, -0.2) is 4.79 Å². The predicted molar refractivity (Wildman–Crippen MR) is 83.8 cm³/mol. The smallest absolute Gasteiger partial charge is 0.408 e. The maximum Gasteiger partial charge on any atom is 0.419 e. The lowest BCUT2D eigenvalue weighted by atomic mass is 10.1. The molecule has 0 saturated carbocycles. The van der Waals surface area contributed by atoms with Crippen molar-refractivity contribution in [2.24, 2.45) is 7.05 Å². The van der Waals surface area contributed by atoms with E-state index in [2.05, 4.69) is 5.32 Å². The van der Waals surface area contributed by atoms with Crippen molar-refractivity contribution < 1.29 is 9.21 Å². The first-order valence-corrected chi connectivity index (χ1v) is 6.95. The summed E-state index contributed by atoms with van der Waals surface area (Å²) in [5, 5.41) is 11.6. The zero-order chi connectivity index (χ0) is 16.4. The number of aromatic nitrogens is 1. The average Bonchev–Trinajstić information content (AvgIpc) is 2.86. The van der Waals surface area contributed by atoms with Gasteiger partial charge in [0, 0.05) is 19.2 Å². The van der Waals surface area contributed by atoms with Gasteiger partial charge in [0.25, 0.3) is 5.91 Å². The van der Waals surface area contributed by atoms with Crippen LogP contribution in [0.15, 0.2) is 51.7 Å². The van der Waals surface area contributed by atoms with Gasteiger partial charge in [-0.05, 0) is 35.9 Å². The van der Waals surface area contributed by atoms with Crippen molar-refractivity contribution in [3.63, 3.8) is 0 Å². The lowest BCUT2D eigenvalue weighted by Gasteiger charge is -2.06. The summed E-state index contributed by atoms with van der Waals surface area (Å²) in [6.45, 7) is 0.296. The van der Waals surface area contributed by atoms with Gasteiger partial charge in [-0.2, -0.15) is 5.26 Å². The SMILES string of the molecule is Cn1c(=O)oc2cc(CNC(=O)c3cccc(C#N)c3)ccc21. The van der Waals surface area contributed by atoms with Crippen LogP contribution in [-0.4, -0.2) is 10.5 Å². The predicted octanol–water partition coefficient (Wildman–Crippen LogP) is 1.93. The second-order valence-electron chi connectivity index (χ2n) is 5.10. The number of nitriles is 1. The van der Waals surface area contributed by atoms with Crippen LogP contribution in [0, 0.1) is 11.3 Å². The molecule has 1 aromatic heterocycles. The van der Waals surface area contributed by atoms with E-state index in [1.807, 2.05) is 12.1 Å². The van der Waals surface area contributed by atoms with Crippen molar-refractivity contribution in [1.82, 2.24) is 9.88 Å². The number of hydrogen-bond donors (Lipinski definition) is 1. The highest BCUT2D eigenvalue weighted by molar-refractivity contribution is 5.94. The molecule has 6 heteroatoms. The molecule has 0 bridgehead atoms. The Balaban J connectivity index is 1.76. The highest BCUT2D eigenvalue weighted by Gasteiger charge is 2.09. The highest BCUT2D eigenvalue weighted by Crippen LogP contribution is 2.14. The van der Waals surface area contributed by atoms with Crippen molar-refractivity contribution in [3.8, 4) is 6.07 Å². The van der Waals surface area contributed by atoms with E-state index in [-0.39, 0.29) is 5.91 Å². The van der Waals surface area contributed by atoms with Crippen LogP contribution >= 0.6 is 0 Å². The van der Waals surface area contributed by atoms with Gasteiger partial charge in [0.2, 0.25) is 0 Å². The summed E-state index contributed by atoms with van der Waals surface area (Å²) in [6.07, 6.45) is 0. The van der Waals surface area contributed by atoms with Gasteiger partial charge >= 0.3 is 5.76 Å². The molecule has 0 atom stereocenters. The number of hydrogen-bond acceptors (Lipinski definition) is 4. The fourth-order valence-corrected chi connectivity index (χ4v) is 2.30. The summed E-state index contributed by atoms with van der Waals surface area (Å²) in [7, 11) is 1.64. The van der Waals surface area contributed by atoms with Crippen molar-refractivity contribution in [2.45, 2.75) is 6.54 Å². The molecule has 0 spiro atoms. The molecule has 3 aromatic rings. The molecule has 6 nitrogen and oxygen atoms in total. The van der Waals surface area contributed by atoms with Gasteiger partial charge in [0.15, 0.2) is 5.58 Å². The molecular formula is C17H13N3O3. The summed E-state index contributed by atoms with van der Waals surface area (Å²) in [6, 6.07) is 13.8. The molecule has 114 valence electrons. The third-order valence-electron chi connectivity index (χ3n) is 3.56. The fourth-order valence-electron chi connectivity index (χ4n) is 2.30. The van der Waals surface area contributed by atoms with Gasteiger partial charge in [0.1, 0.15) is 0 Å². The average molecular weight is 307 g/mol. The maximum absolute atomic E-state index is 12.1. The molecule has 0 aliphatic rings. The van der Waals surface area contributed by atoms with E-state index in [4.69, 9.17) is 9.68 Å². The van der Waals surface area contributed by atoms with Crippen LogP contribution in [0.2, 0.25) is 0 Å². The van der Waals surface area contributed by atoms with Crippen molar-refractivity contribution >= 4 is 17.0 Å². The van der Waals surface area contributed by atoms with Crippen molar-refractivity contribution in [2.75, 3.05) is 0 Å². The monoisotopic (exact) mass is 307 g/mol. The van der Waals surface area contributed by atoms with Crippen LogP contribution in [-0.2, 0) is 13.6 Å². The molecule has 1 amide bonds. The minimum absolute atomic E-state index is 0.267. The first-order chi connectivity index (χ1) is 11.1. The van der Waals surface area contributed by atoms with Crippen LogP contribution in [0.3, 0.4) is 0 Å². The molecule has 0 saturated heterocycles. The van der Waals surface area contributed by atoms with E-state index in [0.717, 1.165) is 5.56 Å². The van der Waals surface area contributed by atoms with E-state index in [0.29, 0.717) is 28.8 Å². The van der Waals surface area contributed by atoms with Crippen LogP contribution in [0.4, 0.5) is 0 Å². The summed E-state index contributed by atoms with van der Waals surface area (Å²) >= 11 is 0. The van der Waals surface area contributed by atoms with Gasteiger partial charge < -0.3 is 9.73 Å². The van der Waals surface area contributed by atoms with Crippen LogP contribution in [0.5, 0.6) is 0 Å². The minimum atomic E-state index is -0.422. The Labute approximate surface area is 131 Å². The molecule has 0 fully saturated rings. The molecule has 1 heterocycles. The zero-order valence-corrected chi connectivity index (χ0v) is 12.4. The van der Waals surface area contributed by atoms with Gasteiger partial charge in [-0.15, -0.1) is 0 Å². The number of nitrogens with zero attached hydrogens (tertiary/aromatic N) is 2. The largest absolute Gasteiger partial charge is 0.419 e. The van der Waals surface area contributed by atoms with E-state index in [1.165, 1.54) is 10.6 Å². The van der Waals surface area contributed by atoms with Crippen LogP contribution in [0.1, 0.15) is 21.5 Å². The quantitative estimate of drug-likeness (QED) is 0.801. The summed E-state index contributed by atoms with van der Waals surface area (Å²) in [4.78, 5) is 23.6. The number of benzene rings is 2. The van der Waals surface area contributed by atoms with E-state index in [9.17, 15) is 9.59 Å². The zero-order valence-electron chi connectivity index (χ0n) is 12.4. The van der Waals surface area contributed by atoms with Crippen LogP contribution in [0.25, 0.3) is 11.1 Å². The van der Waals surface area contributed by atoms with E-state index in [1.54, 1.807) is 37.4 Å². The van der Waals surface area contributed by atoms with Gasteiger partial charge in [0.05, 0.1) is 17.1 Å². The molecule has 0 aliphatic heterocycles. The Morgan fingerprint density at radius 1 is 1.30 bits per heavy atom. The fraction of sp³-hybridized carbons (Fsp3) is 0.118. The van der Waals surface area contributed by atoms with Crippen molar-refractivity contribution in [3.05, 3.63) is 69.7 Å². The number of oxazole rings is 1. The number of carbonyl (C=O) groups excluding carboxylic acids is 1. The second kappa shape index (κ2) is 5.81.